The average Bonchev–Trinajstić information content (AvgIpc) is 2.78. The molecule has 10 nitrogen and oxygen atoms in total. The fourth-order valence-electron chi connectivity index (χ4n) is 4.73. The van der Waals surface area contributed by atoms with Crippen molar-refractivity contribution in [3.8, 4) is 40.2 Å². The molecule has 0 fully saturated rings. The van der Waals surface area contributed by atoms with Crippen LogP contribution in [0.5, 0.6) is 40.2 Å². The van der Waals surface area contributed by atoms with Gasteiger partial charge in [-0.05, 0) is 35.4 Å². The number of aliphatic hydroxyl groups is 1. The SMILES string of the molecule is O=C(O)[C@H]1[C@H]2c3c(cc(O)cc3O[C@@H]1c1ccc(O)c(O)c1)O[C@H](c1ccc(O)c(O)c1)[C@@H]2O. The number of hydrogen-bond donors (Lipinski definition) is 7. The number of phenols is 5. The fourth-order valence-corrected chi connectivity index (χ4v) is 4.73. The first kappa shape index (κ1) is 21.5. The Bertz CT molecular complexity index is 1290. The molecule has 0 radical (unpaired) electrons. The lowest BCUT2D eigenvalue weighted by molar-refractivity contribution is -0.152. The van der Waals surface area contributed by atoms with Gasteiger partial charge >= 0.3 is 5.97 Å². The largest absolute Gasteiger partial charge is 0.508 e. The summed E-state index contributed by atoms with van der Waals surface area (Å²) in [6.45, 7) is 0. The van der Waals surface area contributed by atoms with Crippen molar-refractivity contribution in [3.63, 3.8) is 0 Å². The highest BCUT2D eigenvalue weighted by atomic mass is 16.5. The number of ether oxygens (including phenoxy) is 2. The number of carboxylic acids is 1. The third-order valence-electron chi connectivity index (χ3n) is 6.26. The van der Waals surface area contributed by atoms with Gasteiger partial charge in [-0.15, -0.1) is 0 Å². The van der Waals surface area contributed by atoms with E-state index >= 15 is 0 Å². The molecule has 7 N–H and O–H groups in total. The summed E-state index contributed by atoms with van der Waals surface area (Å²) >= 11 is 0. The van der Waals surface area contributed by atoms with Crippen molar-refractivity contribution in [1.82, 2.24) is 0 Å². The number of carbonyl (C=O) groups is 1. The molecule has 5 atom stereocenters. The van der Waals surface area contributed by atoms with Gasteiger partial charge in [0.1, 0.15) is 35.4 Å². The lowest BCUT2D eigenvalue weighted by Gasteiger charge is -2.45. The Kier molecular flexibility index (Phi) is 4.83. The number of aliphatic hydroxyl groups excluding tert-OH is 1. The number of carboxylic acid groups (broad SMARTS) is 1. The normalized spacial score (nSPS) is 25.0. The highest BCUT2D eigenvalue weighted by Crippen LogP contribution is 2.57. The smallest absolute Gasteiger partial charge is 0.311 e. The second-order valence-electron chi connectivity index (χ2n) is 8.31. The molecule has 0 saturated carbocycles. The molecule has 0 amide bonds. The van der Waals surface area contributed by atoms with Gasteiger partial charge in [-0.1, -0.05) is 12.1 Å². The minimum atomic E-state index is -1.43. The van der Waals surface area contributed by atoms with Crippen LogP contribution in [0.15, 0.2) is 48.5 Å². The van der Waals surface area contributed by atoms with Crippen LogP contribution in [0.2, 0.25) is 0 Å². The van der Waals surface area contributed by atoms with E-state index in [1.165, 1.54) is 48.5 Å². The van der Waals surface area contributed by atoms with E-state index in [4.69, 9.17) is 9.47 Å². The lowest BCUT2D eigenvalue weighted by Crippen LogP contribution is -2.46. The average molecular weight is 468 g/mol. The molecular formula is C24H20O10. The molecule has 2 aliphatic rings. The maximum atomic E-state index is 12.5. The minimum Gasteiger partial charge on any atom is -0.508 e. The molecule has 176 valence electrons. The summed E-state index contributed by atoms with van der Waals surface area (Å²) in [4.78, 5) is 12.5. The van der Waals surface area contributed by atoms with Crippen molar-refractivity contribution >= 4 is 5.97 Å². The summed E-state index contributed by atoms with van der Waals surface area (Å²) in [6.07, 6.45) is -3.77. The molecule has 0 aliphatic carbocycles. The molecule has 0 unspecified atom stereocenters. The second-order valence-corrected chi connectivity index (χ2v) is 8.31. The van der Waals surface area contributed by atoms with E-state index in [1.54, 1.807) is 0 Å². The standard InChI is InChI=1S/C24H20O10/c25-11-7-16-18-17(8-11)34-23(10-2-4-13(27)15(29)6-10)21(30)19(18)20(24(31)32)22(33-16)9-1-3-12(26)14(28)5-9/h1-8,19-23,25-30H,(H,31,32)/t19-,20+,21-,22-,23-/m1/s1. The zero-order valence-corrected chi connectivity index (χ0v) is 17.4. The predicted octanol–water partition coefficient (Wildman–Crippen LogP) is 2.63. The van der Waals surface area contributed by atoms with Gasteiger partial charge in [-0.3, -0.25) is 4.79 Å². The Balaban J connectivity index is 1.68. The summed E-state index contributed by atoms with van der Waals surface area (Å²) in [5.74, 6) is -5.45. The van der Waals surface area contributed by atoms with Gasteiger partial charge in [0.2, 0.25) is 0 Å². The van der Waals surface area contributed by atoms with Crippen molar-refractivity contribution in [2.45, 2.75) is 24.2 Å². The minimum absolute atomic E-state index is 0.0983. The fraction of sp³-hybridized carbons (Fsp3) is 0.208. The predicted molar refractivity (Wildman–Crippen MR) is 114 cm³/mol. The summed E-state index contributed by atoms with van der Waals surface area (Å²) in [7, 11) is 0. The van der Waals surface area contributed by atoms with Gasteiger partial charge in [0.25, 0.3) is 0 Å². The first-order valence-corrected chi connectivity index (χ1v) is 10.3. The van der Waals surface area contributed by atoms with E-state index in [-0.39, 0.29) is 39.7 Å². The van der Waals surface area contributed by atoms with Crippen molar-refractivity contribution in [2.24, 2.45) is 5.92 Å². The van der Waals surface area contributed by atoms with Crippen LogP contribution < -0.4 is 9.47 Å². The molecule has 0 saturated heterocycles. The highest BCUT2D eigenvalue weighted by Gasteiger charge is 2.53. The highest BCUT2D eigenvalue weighted by molar-refractivity contribution is 5.75. The molecule has 0 spiro atoms. The molecule has 2 heterocycles. The van der Waals surface area contributed by atoms with E-state index in [9.17, 15) is 40.5 Å². The number of phenolic OH excluding ortho intramolecular Hbond substituents is 5. The van der Waals surface area contributed by atoms with Crippen LogP contribution in [0.3, 0.4) is 0 Å². The number of hydrogen-bond acceptors (Lipinski definition) is 9. The summed E-state index contributed by atoms with van der Waals surface area (Å²) < 4.78 is 11.8. The number of rotatable bonds is 3. The first-order valence-electron chi connectivity index (χ1n) is 10.3. The molecule has 0 aromatic heterocycles. The van der Waals surface area contributed by atoms with Crippen LogP contribution in [0.25, 0.3) is 0 Å². The summed E-state index contributed by atoms with van der Waals surface area (Å²) in [6, 6.07) is 10.1. The Labute approximate surface area is 192 Å². The molecule has 34 heavy (non-hydrogen) atoms. The van der Waals surface area contributed by atoms with Gasteiger partial charge in [-0.2, -0.15) is 0 Å². The summed E-state index contributed by atoms with van der Waals surface area (Å²) in [5, 5.41) is 71.0. The van der Waals surface area contributed by atoms with Crippen LogP contribution in [0.4, 0.5) is 0 Å². The number of benzene rings is 3. The first-order chi connectivity index (χ1) is 16.2. The van der Waals surface area contributed by atoms with Crippen LogP contribution in [0.1, 0.15) is 34.8 Å². The van der Waals surface area contributed by atoms with Gasteiger partial charge in [0, 0.05) is 23.6 Å². The van der Waals surface area contributed by atoms with Gasteiger partial charge in [0.15, 0.2) is 29.1 Å². The van der Waals surface area contributed by atoms with Crippen LogP contribution in [-0.2, 0) is 4.79 Å². The zero-order chi connectivity index (χ0) is 24.3. The maximum Gasteiger partial charge on any atom is 0.311 e. The van der Waals surface area contributed by atoms with Gasteiger partial charge < -0.3 is 45.2 Å². The Hall–Kier alpha value is -4.31. The lowest BCUT2D eigenvalue weighted by atomic mass is 9.71. The zero-order valence-electron chi connectivity index (χ0n) is 17.4. The Morgan fingerprint density at radius 2 is 1.21 bits per heavy atom. The van der Waals surface area contributed by atoms with Crippen molar-refractivity contribution in [2.75, 3.05) is 0 Å². The topological polar surface area (TPSA) is 177 Å². The van der Waals surface area contributed by atoms with Gasteiger partial charge in [-0.25, -0.2) is 0 Å². The quantitative estimate of drug-likeness (QED) is 0.283. The molecule has 0 bridgehead atoms. The molecule has 3 aromatic carbocycles. The van der Waals surface area contributed by atoms with E-state index in [0.717, 1.165) is 0 Å². The summed E-state index contributed by atoms with van der Waals surface area (Å²) in [5.41, 5.74) is 0.764. The molecular weight excluding hydrogens is 448 g/mol. The van der Waals surface area contributed by atoms with Crippen molar-refractivity contribution < 1.29 is 50.0 Å². The number of aromatic hydroxyl groups is 5. The van der Waals surface area contributed by atoms with E-state index in [0.29, 0.717) is 0 Å². The van der Waals surface area contributed by atoms with Gasteiger partial charge in [0.05, 0.1) is 0 Å². The van der Waals surface area contributed by atoms with E-state index in [2.05, 4.69) is 0 Å². The Morgan fingerprint density at radius 3 is 1.71 bits per heavy atom. The van der Waals surface area contributed by atoms with Crippen LogP contribution in [0, 0.1) is 5.92 Å². The van der Waals surface area contributed by atoms with Crippen LogP contribution >= 0.6 is 0 Å². The molecule has 10 heteroatoms. The molecule has 3 aromatic rings. The second kappa shape index (κ2) is 7.63. The van der Waals surface area contributed by atoms with E-state index < -0.39 is 53.4 Å². The monoisotopic (exact) mass is 468 g/mol. The van der Waals surface area contributed by atoms with E-state index in [1.807, 2.05) is 0 Å². The molecule has 5 rings (SSSR count). The Morgan fingerprint density at radius 1 is 0.706 bits per heavy atom. The number of aliphatic carboxylic acids is 1. The maximum absolute atomic E-state index is 12.5. The van der Waals surface area contributed by atoms with Crippen molar-refractivity contribution in [1.29, 1.82) is 0 Å². The van der Waals surface area contributed by atoms with Crippen LogP contribution in [-0.4, -0.2) is 47.8 Å². The molecule has 2 aliphatic heterocycles. The third-order valence-corrected chi connectivity index (χ3v) is 6.26. The third kappa shape index (κ3) is 3.27. The van der Waals surface area contributed by atoms with Crippen molar-refractivity contribution in [3.05, 3.63) is 65.2 Å².